The zero-order chi connectivity index (χ0) is 16.7. The molecule has 0 bridgehead atoms. The van der Waals surface area contributed by atoms with Crippen LogP contribution in [0.2, 0.25) is 0 Å². The summed E-state index contributed by atoms with van der Waals surface area (Å²) in [5.74, 6) is -0.249. The van der Waals surface area contributed by atoms with Gasteiger partial charge in [-0.3, -0.25) is 4.79 Å². The minimum Gasteiger partial charge on any atom is -0.494 e. The normalized spacial score (nSPS) is 10.7. The van der Waals surface area contributed by atoms with Crippen molar-refractivity contribution in [3.63, 3.8) is 0 Å². The number of ketones is 1. The molecule has 0 aliphatic heterocycles. The topological polar surface area (TPSA) is 63.6 Å². The first-order valence-corrected chi connectivity index (χ1v) is 7.34. The number of rotatable bonds is 7. The molecule has 0 spiro atoms. The molecule has 2 aromatic rings. The van der Waals surface area contributed by atoms with Gasteiger partial charge in [0.05, 0.1) is 12.2 Å². The Hall–Kier alpha value is -2.88. The molecule has 0 amide bonds. The number of ether oxygens (including phenoxy) is 1. The van der Waals surface area contributed by atoms with Crippen molar-refractivity contribution in [1.29, 1.82) is 0 Å². The van der Waals surface area contributed by atoms with E-state index in [-0.39, 0.29) is 11.3 Å². The van der Waals surface area contributed by atoms with Gasteiger partial charge < -0.3 is 9.84 Å². The monoisotopic (exact) mass is 310 g/mol. The summed E-state index contributed by atoms with van der Waals surface area (Å²) in [6, 6.07) is 13.9. The Morgan fingerprint density at radius 2 is 1.87 bits per heavy atom. The predicted molar refractivity (Wildman–Crippen MR) is 88.8 cm³/mol. The summed E-state index contributed by atoms with van der Waals surface area (Å²) < 4.78 is 5.35. The van der Waals surface area contributed by atoms with Crippen molar-refractivity contribution in [2.75, 3.05) is 6.61 Å². The number of hydrogen-bond donors (Lipinski definition) is 1. The van der Waals surface area contributed by atoms with Gasteiger partial charge in [0.15, 0.2) is 5.78 Å². The maximum Gasteiger partial charge on any atom is 0.335 e. The molecule has 0 aliphatic rings. The van der Waals surface area contributed by atoms with Crippen LogP contribution in [0.1, 0.15) is 28.4 Å². The maximum absolute atomic E-state index is 12.0. The van der Waals surface area contributed by atoms with E-state index in [2.05, 4.69) is 0 Å². The molecule has 0 fully saturated rings. The third-order valence-corrected chi connectivity index (χ3v) is 3.21. The van der Waals surface area contributed by atoms with Crippen molar-refractivity contribution in [1.82, 2.24) is 0 Å². The first kappa shape index (κ1) is 16.5. The summed E-state index contributed by atoms with van der Waals surface area (Å²) in [7, 11) is 0. The molecular formula is C19H18O4. The molecule has 118 valence electrons. The van der Waals surface area contributed by atoms with Gasteiger partial charge in [-0.2, -0.15) is 0 Å². The number of carbonyl (C=O) groups excluding carboxylic acids is 1. The van der Waals surface area contributed by atoms with E-state index in [0.29, 0.717) is 18.6 Å². The molecule has 0 aliphatic carbocycles. The fourth-order valence-corrected chi connectivity index (χ4v) is 2.09. The lowest BCUT2D eigenvalue weighted by Crippen LogP contribution is -1.99. The molecule has 0 radical (unpaired) electrons. The van der Waals surface area contributed by atoms with E-state index in [0.717, 1.165) is 11.3 Å². The van der Waals surface area contributed by atoms with Crippen molar-refractivity contribution in [2.45, 2.75) is 13.3 Å². The minimum absolute atomic E-state index is 0.0464. The number of hydrogen-bond acceptors (Lipinski definition) is 3. The van der Waals surface area contributed by atoms with Gasteiger partial charge in [0.1, 0.15) is 5.75 Å². The van der Waals surface area contributed by atoms with Crippen LogP contribution in [0.4, 0.5) is 0 Å². The van der Waals surface area contributed by atoms with Crippen molar-refractivity contribution in [3.05, 3.63) is 71.3 Å². The van der Waals surface area contributed by atoms with Crippen molar-refractivity contribution >= 4 is 17.8 Å². The van der Waals surface area contributed by atoms with E-state index in [1.165, 1.54) is 18.2 Å². The lowest BCUT2D eigenvalue weighted by atomic mass is 10.1. The Kier molecular flexibility index (Phi) is 5.69. The Morgan fingerprint density at radius 3 is 2.52 bits per heavy atom. The molecule has 0 saturated carbocycles. The second kappa shape index (κ2) is 7.94. The molecule has 0 heterocycles. The SMILES string of the molecule is CCOc1ccc(CC(=O)C=Cc2cccc(C(=O)O)c2)cc1. The van der Waals surface area contributed by atoms with Gasteiger partial charge in [-0.05, 0) is 48.4 Å². The van der Waals surface area contributed by atoms with Gasteiger partial charge in [-0.1, -0.05) is 30.3 Å². The average Bonchev–Trinajstić information content (AvgIpc) is 2.55. The molecule has 0 aromatic heterocycles. The molecule has 0 unspecified atom stereocenters. The van der Waals surface area contributed by atoms with Crippen LogP contribution in [0.3, 0.4) is 0 Å². The highest BCUT2D eigenvalue weighted by atomic mass is 16.5. The zero-order valence-corrected chi connectivity index (χ0v) is 12.9. The van der Waals surface area contributed by atoms with E-state index >= 15 is 0 Å². The fourth-order valence-electron chi connectivity index (χ4n) is 2.09. The molecule has 1 N–H and O–H groups in total. The fraction of sp³-hybridized carbons (Fsp3) is 0.158. The van der Waals surface area contributed by atoms with Crippen LogP contribution in [-0.4, -0.2) is 23.5 Å². The molecule has 2 rings (SSSR count). The van der Waals surface area contributed by atoms with Gasteiger partial charge in [-0.25, -0.2) is 4.79 Å². The van der Waals surface area contributed by atoms with Crippen molar-refractivity contribution < 1.29 is 19.4 Å². The average molecular weight is 310 g/mol. The third kappa shape index (κ3) is 5.11. The molecule has 0 atom stereocenters. The van der Waals surface area contributed by atoms with Crippen molar-refractivity contribution in [2.24, 2.45) is 0 Å². The van der Waals surface area contributed by atoms with Gasteiger partial charge in [0.25, 0.3) is 0 Å². The highest BCUT2D eigenvalue weighted by Gasteiger charge is 2.03. The number of carboxylic acid groups (broad SMARTS) is 1. The first-order chi connectivity index (χ1) is 11.1. The summed E-state index contributed by atoms with van der Waals surface area (Å²) in [4.78, 5) is 22.9. The van der Waals surface area contributed by atoms with E-state index in [1.54, 1.807) is 18.2 Å². The number of carboxylic acids is 1. The molecule has 2 aromatic carbocycles. The Bertz CT molecular complexity index is 714. The lowest BCUT2D eigenvalue weighted by Gasteiger charge is -2.03. The Morgan fingerprint density at radius 1 is 1.13 bits per heavy atom. The van der Waals surface area contributed by atoms with Gasteiger partial charge >= 0.3 is 5.97 Å². The van der Waals surface area contributed by atoms with Crippen molar-refractivity contribution in [3.8, 4) is 5.75 Å². The van der Waals surface area contributed by atoms with Crippen LogP contribution in [0.15, 0.2) is 54.6 Å². The molecule has 4 heteroatoms. The van der Waals surface area contributed by atoms with E-state index in [9.17, 15) is 9.59 Å². The van der Waals surface area contributed by atoms with E-state index in [4.69, 9.17) is 9.84 Å². The first-order valence-electron chi connectivity index (χ1n) is 7.34. The second-order valence-corrected chi connectivity index (χ2v) is 4.98. The minimum atomic E-state index is -0.985. The predicted octanol–water partition coefficient (Wildman–Crippen LogP) is 3.61. The van der Waals surface area contributed by atoms with Crippen LogP contribution in [0.5, 0.6) is 5.75 Å². The Labute approximate surface area is 135 Å². The molecule has 23 heavy (non-hydrogen) atoms. The van der Waals surface area contributed by atoms with Crippen LogP contribution in [0.25, 0.3) is 6.08 Å². The highest BCUT2D eigenvalue weighted by molar-refractivity contribution is 5.95. The van der Waals surface area contributed by atoms with Gasteiger partial charge in [0, 0.05) is 6.42 Å². The summed E-state index contributed by atoms with van der Waals surface area (Å²) in [5, 5.41) is 8.94. The van der Waals surface area contributed by atoms with Crippen LogP contribution in [0, 0.1) is 0 Å². The second-order valence-electron chi connectivity index (χ2n) is 4.98. The standard InChI is InChI=1S/C19H18O4/c1-2-23-18-10-7-15(8-11-18)13-17(20)9-6-14-4-3-5-16(12-14)19(21)22/h3-12H,2,13H2,1H3,(H,21,22). The van der Waals surface area contributed by atoms with Gasteiger partial charge in [-0.15, -0.1) is 0 Å². The summed E-state index contributed by atoms with van der Waals surface area (Å²) in [6.07, 6.45) is 3.39. The number of allylic oxidation sites excluding steroid dienone is 1. The maximum atomic E-state index is 12.0. The number of carbonyl (C=O) groups is 2. The van der Waals surface area contributed by atoms with E-state index in [1.807, 2.05) is 31.2 Å². The smallest absolute Gasteiger partial charge is 0.335 e. The zero-order valence-electron chi connectivity index (χ0n) is 12.9. The van der Waals surface area contributed by atoms with Crippen LogP contribution < -0.4 is 4.74 Å². The Balaban J connectivity index is 1.98. The largest absolute Gasteiger partial charge is 0.494 e. The highest BCUT2D eigenvalue weighted by Crippen LogP contribution is 2.13. The summed E-state index contributed by atoms with van der Waals surface area (Å²) in [5.41, 5.74) is 1.79. The number of benzene rings is 2. The lowest BCUT2D eigenvalue weighted by molar-refractivity contribution is -0.113. The quantitative estimate of drug-likeness (QED) is 0.794. The van der Waals surface area contributed by atoms with Crippen LogP contribution in [-0.2, 0) is 11.2 Å². The van der Waals surface area contributed by atoms with Gasteiger partial charge in [0.2, 0.25) is 0 Å². The summed E-state index contributed by atoms with van der Waals surface area (Å²) >= 11 is 0. The van der Waals surface area contributed by atoms with E-state index < -0.39 is 5.97 Å². The van der Waals surface area contributed by atoms with Crippen LogP contribution >= 0.6 is 0 Å². The molecule has 4 nitrogen and oxygen atoms in total. The summed E-state index contributed by atoms with van der Waals surface area (Å²) in [6.45, 7) is 2.53. The number of aromatic carboxylic acids is 1. The molecular weight excluding hydrogens is 292 g/mol. The third-order valence-electron chi connectivity index (χ3n) is 3.21. The molecule has 0 saturated heterocycles.